The predicted molar refractivity (Wildman–Crippen MR) is 89.9 cm³/mol. The number of nitrogens with two attached hydrogens (primary N) is 1. The van der Waals surface area contributed by atoms with Crippen LogP contribution in [0.25, 0.3) is 21.1 Å². The molecule has 0 aliphatic heterocycles. The van der Waals surface area contributed by atoms with Gasteiger partial charge in [0.15, 0.2) is 4.34 Å². The van der Waals surface area contributed by atoms with Gasteiger partial charge in [-0.15, -0.1) is 11.3 Å². The summed E-state index contributed by atoms with van der Waals surface area (Å²) >= 11 is 3.34. The minimum atomic E-state index is 0.775. The first kappa shape index (κ1) is 12.6. The first-order chi connectivity index (χ1) is 10.3. The van der Waals surface area contributed by atoms with Crippen molar-refractivity contribution < 1.29 is 0 Å². The highest BCUT2D eigenvalue weighted by Gasteiger charge is 2.08. The molecule has 0 saturated carbocycles. The minimum Gasteiger partial charge on any atom is -0.399 e. The fourth-order valence-corrected chi connectivity index (χ4v) is 4.41. The smallest absolute Gasteiger partial charge is 0.155 e. The summed E-state index contributed by atoms with van der Waals surface area (Å²) in [4.78, 5) is 10.2. The van der Waals surface area contributed by atoms with Crippen molar-refractivity contribution in [2.75, 3.05) is 5.73 Å². The Morgan fingerprint density at radius 3 is 2.86 bits per heavy atom. The van der Waals surface area contributed by atoms with E-state index in [1.165, 1.54) is 4.90 Å². The molecule has 0 spiro atoms. The number of nitrogen functional groups attached to an aromatic ring is 1. The summed E-state index contributed by atoms with van der Waals surface area (Å²) in [7, 11) is 0. The SMILES string of the molecule is Nc1ccc2nc(Sc3ccnc4ccccc34)sc2c1. The van der Waals surface area contributed by atoms with Crippen LogP contribution in [0.3, 0.4) is 0 Å². The number of aromatic nitrogens is 2. The van der Waals surface area contributed by atoms with Crippen molar-refractivity contribution >= 4 is 49.9 Å². The number of anilines is 1. The Labute approximate surface area is 129 Å². The van der Waals surface area contributed by atoms with Gasteiger partial charge in [0.1, 0.15) is 0 Å². The summed E-state index contributed by atoms with van der Waals surface area (Å²) in [5.74, 6) is 0. The fraction of sp³-hybridized carbons (Fsp3) is 0. The van der Waals surface area contributed by atoms with Crippen molar-refractivity contribution in [3.63, 3.8) is 0 Å². The first-order valence-corrected chi connectivity index (χ1v) is 8.10. The van der Waals surface area contributed by atoms with Crippen molar-refractivity contribution in [1.29, 1.82) is 0 Å². The molecule has 2 aromatic heterocycles. The Hall–Kier alpha value is -2.11. The van der Waals surface area contributed by atoms with Crippen LogP contribution in [0.1, 0.15) is 0 Å². The zero-order chi connectivity index (χ0) is 14.2. The normalized spacial score (nSPS) is 11.2. The van der Waals surface area contributed by atoms with Crippen molar-refractivity contribution in [3.8, 4) is 0 Å². The van der Waals surface area contributed by atoms with Crippen LogP contribution >= 0.6 is 23.1 Å². The maximum atomic E-state index is 5.82. The molecule has 2 heterocycles. The maximum Gasteiger partial charge on any atom is 0.155 e. The Balaban J connectivity index is 1.79. The van der Waals surface area contributed by atoms with E-state index in [0.717, 1.165) is 31.1 Å². The van der Waals surface area contributed by atoms with Gasteiger partial charge in [-0.1, -0.05) is 30.0 Å². The molecule has 0 unspecified atom stereocenters. The van der Waals surface area contributed by atoms with Crippen LogP contribution in [0.15, 0.2) is 64.0 Å². The maximum absolute atomic E-state index is 5.82. The second-order valence-electron chi connectivity index (χ2n) is 4.64. The summed E-state index contributed by atoms with van der Waals surface area (Å²) in [6.07, 6.45) is 1.84. The molecule has 21 heavy (non-hydrogen) atoms. The second-order valence-corrected chi connectivity index (χ2v) is 6.95. The van der Waals surface area contributed by atoms with E-state index in [9.17, 15) is 0 Å². The molecule has 5 heteroatoms. The molecule has 0 amide bonds. The lowest BCUT2D eigenvalue weighted by Crippen LogP contribution is -1.81. The largest absolute Gasteiger partial charge is 0.399 e. The molecule has 0 aliphatic carbocycles. The Kier molecular flexibility index (Phi) is 3.02. The zero-order valence-corrected chi connectivity index (χ0v) is 12.6. The van der Waals surface area contributed by atoms with Crippen molar-refractivity contribution in [1.82, 2.24) is 9.97 Å². The highest BCUT2D eigenvalue weighted by Crippen LogP contribution is 2.37. The van der Waals surface area contributed by atoms with E-state index >= 15 is 0 Å². The van der Waals surface area contributed by atoms with Crippen LogP contribution in [-0.4, -0.2) is 9.97 Å². The third kappa shape index (κ3) is 2.34. The number of thiazole rings is 1. The van der Waals surface area contributed by atoms with Crippen molar-refractivity contribution in [2.24, 2.45) is 0 Å². The van der Waals surface area contributed by atoms with Crippen molar-refractivity contribution in [2.45, 2.75) is 9.24 Å². The molecule has 0 aliphatic rings. The third-order valence-electron chi connectivity index (χ3n) is 3.20. The lowest BCUT2D eigenvalue weighted by molar-refractivity contribution is 1.29. The molecule has 2 N–H and O–H groups in total. The number of nitrogens with zero attached hydrogens (tertiary/aromatic N) is 2. The van der Waals surface area contributed by atoms with Crippen LogP contribution in [0.5, 0.6) is 0 Å². The molecule has 4 aromatic rings. The average Bonchev–Trinajstić information content (AvgIpc) is 2.89. The Morgan fingerprint density at radius 1 is 1.00 bits per heavy atom. The molecule has 2 aromatic carbocycles. The fourth-order valence-electron chi connectivity index (χ4n) is 2.22. The highest BCUT2D eigenvalue weighted by atomic mass is 32.2. The predicted octanol–water partition coefficient (Wildman–Crippen LogP) is 4.58. The van der Waals surface area contributed by atoms with Crippen LogP contribution in [-0.2, 0) is 0 Å². The Morgan fingerprint density at radius 2 is 1.90 bits per heavy atom. The molecule has 0 atom stereocenters. The summed E-state index contributed by atoms with van der Waals surface area (Å²) < 4.78 is 2.14. The lowest BCUT2D eigenvalue weighted by Gasteiger charge is -2.02. The van der Waals surface area contributed by atoms with Gasteiger partial charge in [0.05, 0.1) is 15.7 Å². The molecule has 0 radical (unpaired) electrons. The zero-order valence-electron chi connectivity index (χ0n) is 11.0. The summed E-state index contributed by atoms with van der Waals surface area (Å²) in [6, 6.07) is 16.0. The van der Waals surface area contributed by atoms with Gasteiger partial charge < -0.3 is 5.73 Å². The number of hydrogen-bond donors (Lipinski definition) is 1. The monoisotopic (exact) mass is 309 g/mol. The van der Waals surface area contributed by atoms with Crippen LogP contribution in [0.4, 0.5) is 5.69 Å². The van der Waals surface area contributed by atoms with Gasteiger partial charge in [-0.05, 0) is 30.3 Å². The topological polar surface area (TPSA) is 51.8 Å². The highest BCUT2D eigenvalue weighted by molar-refractivity contribution is 8.01. The van der Waals surface area contributed by atoms with Crippen molar-refractivity contribution in [3.05, 3.63) is 54.7 Å². The van der Waals surface area contributed by atoms with Gasteiger partial charge in [0.25, 0.3) is 0 Å². The second kappa shape index (κ2) is 5.02. The van der Waals surface area contributed by atoms with Gasteiger partial charge in [0, 0.05) is 22.2 Å². The number of benzene rings is 2. The van der Waals surface area contributed by atoms with E-state index in [1.807, 2.05) is 48.7 Å². The minimum absolute atomic E-state index is 0.775. The molecule has 0 bridgehead atoms. The van der Waals surface area contributed by atoms with Gasteiger partial charge in [0.2, 0.25) is 0 Å². The summed E-state index contributed by atoms with van der Waals surface area (Å²) in [5.41, 5.74) is 8.60. The molecular formula is C16H11N3S2. The van der Waals surface area contributed by atoms with E-state index in [-0.39, 0.29) is 0 Å². The van der Waals surface area contributed by atoms with Gasteiger partial charge in [-0.25, -0.2) is 4.98 Å². The number of para-hydroxylation sites is 1. The molecule has 0 saturated heterocycles. The number of hydrogen-bond acceptors (Lipinski definition) is 5. The van der Waals surface area contributed by atoms with Gasteiger partial charge in [-0.2, -0.15) is 0 Å². The summed E-state index contributed by atoms with van der Waals surface area (Å²) in [5, 5.41) is 1.16. The van der Waals surface area contributed by atoms with E-state index in [0.29, 0.717) is 0 Å². The van der Waals surface area contributed by atoms with E-state index < -0.39 is 0 Å². The van der Waals surface area contributed by atoms with Crippen LogP contribution in [0, 0.1) is 0 Å². The molecule has 0 fully saturated rings. The number of pyridine rings is 1. The third-order valence-corrected chi connectivity index (χ3v) is 5.35. The van der Waals surface area contributed by atoms with Crippen LogP contribution < -0.4 is 5.73 Å². The molecule has 102 valence electrons. The molecular weight excluding hydrogens is 298 g/mol. The van der Waals surface area contributed by atoms with E-state index in [4.69, 9.17) is 5.73 Å². The van der Waals surface area contributed by atoms with Crippen LogP contribution in [0.2, 0.25) is 0 Å². The standard InChI is InChI=1S/C16H11N3S2/c17-10-5-6-13-15(9-10)21-16(19-13)20-14-7-8-18-12-4-2-1-3-11(12)14/h1-9H,17H2. The lowest BCUT2D eigenvalue weighted by atomic mass is 10.2. The first-order valence-electron chi connectivity index (χ1n) is 6.47. The number of fused-ring (bicyclic) bond motifs is 2. The van der Waals surface area contributed by atoms with Gasteiger partial charge in [-0.3, -0.25) is 4.98 Å². The van der Waals surface area contributed by atoms with E-state index in [2.05, 4.69) is 16.0 Å². The summed E-state index contributed by atoms with van der Waals surface area (Å²) in [6.45, 7) is 0. The average molecular weight is 309 g/mol. The quantitative estimate of drug-likeness (QED) is 0.551. The number of rotatable bonds is 2. The Bertz CT molecular complexity index is 941. The molecule has 4 rings (SSSR count). The van der Waals surface area contributed by atoms with Gasteiger partial charge >= 0.3 is 0 Å². The van der Waals surface area contributed by atoms with E-state index in [1.54, 1.807) is 23.1 Å². The molecule has 3 nitrogen and oxygen atoms in total.